The summed E-state index contributed by atoms with van der Waals surface area (Å²) in [6.45, 7) is 2.66. The zero-order chi connectivity index (χ0) is 15.8. The van der Waals surface area contributed by atoms with E-state index in [9.17, 15) is 14.4 Å². The van der Waals surface area contributed by atoms with Crippen LogP contribution in [0.25, 0.3) is 0 Å². The van der Waals surface area contributed by atoms with E-state index in [1.807, 2.05) is 6.92 Å². The molecular formula is C14H24N2O5. The number of methoxy groups -OCH3 is 1. The third-order valence-electron chi connectivity index (χ3n) is 3.82. The van der Waals surface area contributed by atoms with Gasteiger partial charge in [0.15, 0.2) is 0 Å². The number of nitrogens with one attached hydrogen (secondary N) is 1. The van der Waals surface area contributed by atoms with E-state index in [2.05, 4.69) is 10.1 Å². The molecule has 1 aliphatic heterocycles. The summed E-state index contributed by atoms with van der Waals surface area (Å²) in [6, 6.07) is -1.27. The lowest BCUT2D eigenvalue weighted by Gasteiger charge is -2.35. The lowest BCUT2D eigenvalue weighted by Crippen LogP contribution is -2.52. The molecule has 1 unspecified atom stereocenters. The molecule has 1 fully saturated rings. The van der Waals surface area contributed by atoms with Gasteiger partial charge >= 0.3 is 18.0 Å². The van der Waals surface area contributed by atoms with Crippen LogP contribution in [0, 0.1) is 0 Å². The second-order valence-corrected chi connectivity index (χ2v) is 5.21. The SMILES string of the molecule is CCC1CCCCN1C(=O)N[C@@H](CCC(=O)OC)C(=O)O. The van der Waals surface area contributed by atoms with Crippen LogP contribution in [0.5, 0.6) is 0 Å². The lowest BCUT2D eigenvalue weighted by molar-refractivity contribution is -0.142. The van der Waals surface area contributed by atoms with Gasteiger partial charge in [-0.05, 0) is 32.1 Å². The molecule has 2 amide bonds. The molecule has 0 aromatic carbocycles. The maximum Gasteiger partial charge on any atom is 0.326 e. The fraction of sp³-hybridized carbons (Fsp3) is 0.786. The number of piperidine rings is 1. The number of carboxylic acids is 1. The van der Waals surface area contributed by atoms with Gasteiger partial charge in [0.25, 0.3) is 0 Å². The number of likely N-dealkylation sites (tertiary alicyclic amines) is 1. The Kier molecular flexibility index (Phi) is 6.98. The van der Waals surface area contributed by atoms with Crippen molar-refractivity contribution in [2.24, 2.45) is 0 Å². The van der Waals surface area contributed by atoms with Gasteiger partial charge in [-0.1, -0.05) is 6.92 Å². The molecule has 0 aromatic rings. The largest absolute Gasteiger partial charge is 0.480 e. The van der Waals surface area contributed by atoms with E-state index in [4.69, 9.17) is 5.11 Å². The van der Waals surface area contributed by atoms with Crippen LogP contribution in [0.2, 0.25) is 0 Å². The van der Waals surface area contributed by atoms with Crippen LogP contribution in [0.1, 0.15) is 45.4 Å². The molecule has 2 N–H and O–H groups in total. The van der Waals surface area contributed by atoms with E-state index >= 15 is 0 Å². The van der Waals surface area contributed by atoms with Gasteiger partial charge in [-0.2, -0.15) is 0 Å². The Bertz CT molecular complexity index is 386. The summed E-state index contributed by atoms with van der Waals surface area (Å²) in [5, 5.41) is 11.7. The van der Waals surface area contributed by atoms with Crippen molar-refractivity contribution >= 4 is 18.0 Å². The van der Waals surface area contributed by atoms with Crippen LogP contribution < -0.4 is 5.32 Å². The Morgan fingerprint density at radius 2 is 2.10 bits per heavy atom. The number of rotatable bonds is 6. The van der Waals surface area contributed by atoms with Gasteiger partial charge in [-0.3, -0.25) is 4.79 Å². The van der Waals surface area contributed by atoms with Gasteiger partial charge in [0, 0.05) is 19.0 Å². The van der Waals surface area contributed by atoms with E-state index in [0.717, 1.165) is 25.7 Å². The molecule has 2 atom stereocenters. The van der Waals surface area contributed by atoms with E-state index < -0.39 is 18.0 Å². The molecule has 120 valence electrons. The molecule has 0 saturated carbocycles. The molecule has 7 heteroatoms. The fourth-order valence-electron chi connectivity index (χ4n) is 2.55. The van der Waals surface area contributed by atoms with Crippen LogP contribution >= 0.6 is 0 Å². The standard InChI is InChI=1S/C14H24N2O5/c1-3-10-6-4-5-9-16(10)14(20)15-11(13(18)19)7-8-12(17)21-2/h10-11H,3-9H2,1-2H3,(H,15,20)(H,18,19)/t10?,11-/m0/s1. The maximum absolute atomic E-state index is 12.2. The van der Waals surface area contributed by atoms with Crippen molar-refractivity contribution in [2.45, 2.75) is 57.5 Å². The zero-order valence-electron chi connectivity index (χ0n) is 12.6. The predicted molar refractivity (Wildman–Crippen MR) is 75.8 cm³/mol. The van der Waals surface area contributed by atoms with E-state index in [-0.39, 0.29) is 24.9 Å². The number of nitrogens with zero attached hydrogens (tertiary/aromatic N) is 1. The fourth-order valence-corrected chi connectivity index (χ4v) is 2.55. The molecule has 21 heavy (non-hydrogen) atoms. The third-order valence-corrected chi connectivity index (χ3v) is 3.82. The Morgan fingerprint density at radius 1 is 1.38 bits per heavy atom. The minimum atomic E-state index is -1.14. The topological polar surface area (TPSA) is 95.9 Å². The van der Waals surface area contributed by atoms with Crippen molar-refractivity contribution in [3.8, 4) is 0 Å². The molecule has 0 bridgehead atoms. The number of esters is 1. The average molecular weight is 300 g/mol. The quantitative estimate of drug-likeness (QED) is 0.722. The van der Waals surface area contributed by atoms with Crippen LogP contribution in [0.15, 0.2) is 0 Å². The van der Waals surface area contributed by atoms with Gasteiger partial charge in [0.1, 0.15) is 6.04 Å². The summed E-state index contributed by atoms with van der Waals surface area (Å²) >= 11 is 0. The summed E-state index contributed by atoms with van der Waals surface area (Å²) in [5.41, 5.74) is 0. The molecule has 1 heterocycles. The number of hydrogen-bond acceptors (Lipinski definition) is 4. The molecule has 1 rings (SSSR count). The molecule has 0 aromatic heterocycles. The summed E-state index contributed by atoms with van der Waals surface area (Å²) in [4.78, 5) is 36.2. The number of urea groups is 1. The summed E-state index contributed by atoms with van der Waals surface area (Å²) in [7, 11) is 1.25. The number of aliphatic carboxylic acids is 1. The maximum atomic E-state index is 12.2. The van der Waals surface area contributed by atoms with Crippen molar-refractivity contribution in [1.82, 2.24) is 10.2 Å². The lowest BCUT2D eigenvalue weighted by atomic mass is 10.0. The smallest absolute Gasteiger partial charge is 0.326 e. The van der Waals surface area contributed by atoms with Crippen molar-refractivity contribution in [1.29, 1.82) is 0 Å². The first-order chi connectivity index (χ1) is 9.99. The number of carboxylic acid groups (broad SMARTS) is 1. The highest BCUT2D eigenvalue weighted by Crippen LogP contribution is 2.19. The second kappa shape index (κ2) is 8.49. The van der Waals surface area contributed by atoms with Gasteiger partial charge in [-0.15, -0.1) is 0 Å². The number of amides is 2. The third kappa shape index (κ3) is 5.24. The number of carbonyl (C=O) groups excluding carboxylic acids is 2. The molecule has 7 nitrogen and oxygen atoms in total. The minimum Gasteiger partial charge on any atom is -0.480 e. The highest BCUT2D eigenvalue weighted by molar-refractivity contribution is 5.83. The summed E-state index contributed by atoms with van der Waals surface area (Å²) < 4.78 is 4.48. The van der Waals surface area contributed by atoms with E-state index in [1.165, 1.54) is 7.11 Å². The van der Waals surface area contributed by atoms with Crippen LogP contribution in [-0.2, 0) is 14.3 Å². The zero-order valence-corrected chi connectivity index (χ0v) is 12.6. The highest BCUT2D eigenvalue weighted by Gasteiger charge is 2.29. The van der Waals surface area contributed by atoms with Crippen LogP contribution in [0.4, 0.5) is 4.79 Å². The molecule has 0 radical (unpaired) electrons. The first-order valence-electron chi connectivity index (χ1n) is 7.36. The van der Waals surface area contributed by atoms with Crippen molar-refractivity contribution < 1.29 is 24.2 Å². The summed E-state index contributed by atoms with van der Waals surface area (Å²) in [6.07, 6.45) is 3.82. The van der Waals surface area contributed by atoms with Crippen molar-refractivity contribution in [2.75, 3.05) is 13.7 Å². The molecule has 0 aliphatic carbocycles. The van der Waals surface area contributed by atoms with Gasteiger partial charge in [-0.25, -0.2) is 9.59 Å². The number of hydrogen-bond donors (Lipinski definition) is 2. The predicted octanol–water partition coefficient (Wildman–Crippen LogP) is 1.37. The van der Waals surface area contributed by atoms with Gasteiger partial charge in [0.05, 0.1) is 7.11 Å². The Morgan fingerprint density at radius 3 is 2.67 bits per heavy atom. The summed E-state index contributed by atoms with van der Waals surface area (Å²) in [5.74, 6) is -1.63. The Balaban J connectivity index is 2.58. The van der Waals surface area contributed by atoms with Crippen molar-refractivity contribution in [3.05, 3.63) is 0 Å². The van der Waals surface area contributed by atoms with E-state index in [0.29, 0.717) is 6.54 Å². The first kappa shape index (κ1) is 17.3. The molecule has 1 saturated heterocycles. The minimum absolute atomic E-state index is 0.0262. The number of carbonyl (C=O) groups is 3. The normalized spacial score (nSPS) is 19.7. The molecule has 1 aliphatic rings. The number of ether oxygens (including phenoxy) is 1. The Labute approximate surface area is 124 Å². The van der Waals surface area contributed by atoms with Gasteiger partial charge in [0.2, 0.25) is 0 Å². The molecule has 0 spiro atoms. The van der Waals surface area contributed by atoms with Crippen LogP contribution in [-0.4, -0.2) is 53.7 Å². The molecular weight excluding hydrogens is 276 g/mol. The van der Waals surface area contributed by atoms with Crippen molar-refractivity contribution in [3.63, 3.8) is 0 Å². The van der Waals surface area contributed by atoms with E-state index in [1.54, 1.807) is 4.90 Å². The van der Waals surface area contributed by atoms with Crippen LogP contribution in [0.3, 0.4) is 0 Å². The van der Waals surface area contributed by atoms with Gasteiger partial charge < -0.3 is 20.1 Å². The average Bonchev–Trinajstić information content (AvgIpc) is 2.50. The first-order valence-corrected chi connectivity index (χ1v) is 7.36. The Hall–Kier alpha value is -1.79. The second-order valence-electron chi connectivity index (χ2n) is 5.21. The highest BCUT2D eigenvalue weighted by atomic mass is 16.5. The monoisotopic (exact) mass is 300 g/mol.